The molecule has 23 heavy (non-hydrogen) atoms. The molecular weight excluding hydrogens is 292 g/mol. The van der Waals surface area contributed by atoms with Crippen molar-refractivity contribution in [1.82, 2.24) is 4.90 Å². The number of anilines is 1. The minimum absolute atomic E-state index is 0.0347. The summed E-state index contributed by atoms with van der Waals surface area (Å²) < 4.78 is 11.1. The van der Waals surface area contributed by atoms with E-state index < -0.39 is 0 Å². The van der Waals surface area contributed by atoms with E-state index in [1.165, 1.54) is 0 Å². The van der Waals surface area contributed by atoms with Crippen LogP contribution in [0.5, 0.6) is 5.75 Å². The van der Waals surface area contributed by atoms with Crippen molar-refractivity contribution in [2.24, 2.45) is 0 Å². The molecular formula is C18H20N2O3. The van der Waals surface area contributed by atoms with Crippen LogP contribution >= 0.6 is 0 Å². The van der Waals surface area contributed by atoms with Gasteiger partial charge in [-0.05, 0) is 56.2 Å². The van der Waals surface area contributed by atoms with Gasteiger partial charge in [0, 0.05) is 12.2 Å². The van der Waals surface area contributed by atoms with Crippen LogP contribution in [-0.4, -0.2) is 30.5 Å². The number of hydrogen-bond acceptors (Lipinski definition) is 4. The topological polar surface area (TPSA) is 45.9 Å². The van der Waals surface area contributed by atoms with E-state index in [1.807, 2.05) is 48.2 Å². The lowest BCUT2D eigenvalue weighted by Gasteiger charge is -2.27. The summed E-state index contributed by atoms with van der Waals surface area (Å²) in [5.41, 5.74) is 0.879. The molecule has 1 aromatic carbocycles. The van der Waals surface area contributed by atoms with Gasteiger partial charge >= 0.3 is 0 Å². The van der Waals surface area contributed by atoms with Crippen molar-refractivity contribution in [3.63, 3.8) is 0 Å². The van der Waals surface area contributed by atoms with Crippen LogP contribution in [0.1, 0.15) is 30.5 Å². The Kier molecular flexibility index (Phi) is 3.38. The van der Waals surface area contributed by atoms with E-state index in [0.717, 1.165) is 42.3 Å². The first-order chi connectivity index (χ1) is 11.2. The number of hydrogen-bond donors (Lipinski definition) is 0. The highest BCUT2D eigenvalue weighted by Crippen LogP contribution is 2.43. The number of amides is 1. The van der Waals surface area contributed by atoms with Gasteiger partial charge in [-0.25, -0.2) is 0 Å². The van der Waals surface area contributed by atoms with Gasteiger partial charge in [-0.1, -0.05) is 0 Å². The Bertz CT molecular complexity index is 722. The molecule has 3 heterocycles. The average Bonchev–Trinajstić information content (AvgIpc) is 3.25. The quantitative estimate of drug-likeness (QED) is 0.873. The standard InChI is InChI=1S/C18H20N2O3/c1-12-5-10-16(23-12)17-19-11-3-4-15(19)18(21)20(17)13-6-8-14(22-2)9-7-13/h5-10,15,17H,3-4,11H2,1-2H3/t15-,17+/m0/s1. The number of carbonyl (C=O) groups excluding carboxylic acids is 1. The summed E-state index contributed by atoms with van der Waals surface area (Å²) in [5, 5.41) is 0. The predicted molar refractivity (Wildman–Crippen MR) is 86.4 cm³/mol. The molecule has 0 N–H and O–H groups in total. The molecule has 4 rings (SSSR count). The number of rotatable bonds is 3. The largest absolute Gasteiger partial charge is 0.497 e. The van der Waals surface area contributed by atoms with Crippen molar-refractivity contribution in [1.29, 1.82) is 0 Å². The van der Waals surface area contributed by atoms with Gasteiger partial charge in [0.2, 0.25) is 5.91 Å². The molecule has 0 spiro atoms. The zero-order valence-electron chi connectivity index (χ0n) is 13.4. The summed E-state index contributed by atoms with van der Waals surface area (Å²) in [5.74, 6) is 2.64. The molecule has 5 nitrogen and oxygen atoms in total. The smallest absolute Gasteiger partial charge is 0.246 e. The van der Waals surface area contributed by atoms with E-state index in [0.29, 0.717) is 0 Å². The van der Waals surface area contributed by atoms with Crippen LogP contribution in [-0.2, 0) is 4.79 Å². The van der Waals surface area contributed by atoms with E-state index >= 15 is 0 Å². The first kappa shape index (κ1) is 14.3. The second kappa shape index (κ2) is 5.42. The van der Waals surface area contributed by atoms with Crippen LogP contribution in [0.3, 0.4) is 0 Å². The first-order valence-electron chi connectivity index (χ1n) is 7.98. The third kappa shape index (κ3) is 2.23. The van der Waals surface area contributed by atoms with Crippen molar-refractivity contribution in [3.8, 4) is 5.75 Å². The summed E-state index contributed by atoms with van der Waals surface area (Å²) in [6.45, 7) is 2.85. The lowest BCUT2D eigenvalue weighted by molar-refractivity contribution is -0.119. The zero-order valence-corrected chi connectivity index (χ0v) is 13.4. The SMILES string of the molecule is COc1ccc(N2C(=O)[C@@H]3CCCN3[C@H]2c2ccc(C)o2)cc1. The van der Waals surface area contributed by atoms with E-state index in [4.69, 9.17) is 9.15 Å². The Morgan fingerprint density at radius 1 is 1.17 bits per heavy atom. The minimum atomic E-state index is -0.155. The molecule has 2 atom stereocenters. The molecule has 0 radical (unpaired) electrons. The molecule has 120 valence electrons. The molecule has 1 aromatic heterocycles. The fourth-order valence-corrected chi connectivity index (χ4v) is 3.67. The van der Waals surface area contributed by atoms with Gasteiger partial charge in [-0.2, -0.15) is 0 Å². The maximum absolute atomic E-state index is 12.9. The molecule has 2 saturated heterocycles. The summed E-state index contributed by atoms with van der Waals surface area (Å²) in [7, 11) is 1.64. The van der Waals surface area contributed by atoms with Crippen LogP contribution in [0.4, 0.5) is 5.69 Å². The highest BCUT2D eigenvalue weighted by Gasteiger charge is 2.50. The number of methoxy groups -OCH3 is 1. The Morgan fingerprint density at radius 2 is 1.96 bits per heavy atom. The Labute approximate surface area is 135 Å². The van der Waals surface area contributed by atoms with Crippen molar-refractivity contribution in [2.45, 2.75) is 32.0 Å². The van der Waals surface area contributed by atoms with Gasteiger partial charge in [0.15, 0.2) is 0 Å². The minimum Gasteiger partial charge on any atom is -0.497 e. The van der Waals surface area contributed by atoms with Gasteiger partial charge in [0.1, 0.15) is 23.4 Å². The van der Waals surface area contributed by atoms with Crippen LogP contribution in [0, 0.1) is 6.92 Å². The van der Waals surface area contributed by atoms with Crippen LogP contribution < -0.4 is 9.64 Å². The molecule has 0 saturated carbocycles. The van der Waals surface area contributed by atoms with Crippen LogP contribution in [0.2, 0.25) is 0 Å². The lowest BCUT2D eigenvalue weighted by atomic mass is 10.2. The van der Waals surface area contributed by atoms with Gasteiger partial charge in [-0.15, -0.1) is 0 Å². The third-order valence-corrected chi connectivity index (χ3v) is 4.74. The zero-order chi connectivity index (χ0) is 16.0. The maximum Gasteiger partial charge on any atom is 0.246 e. The highest BCUT2D eigenvalue weighted by molar-refractivity contribution is 6.00. The van der Waals surface area contributed by atoms with E-state index in [2.05, 4.69) is 4.90 Å². The van der Waals surface area contributed by atoms with Gasteiger partial charge in [0.25, 0.3) is 0 Å². The second-order valence-corrected chi connectivity index (χ2v) is 6.12. The number of benzene rings is 1. The van der Waals surface area contributed by atoms with Gasteiger partial charge in [0.05, 0.1) is 13.2 Å². The van der Waals surface area contributed by atoms with Crippen LogP contribution in [0.25, 0.3) is 0 Å². The third-order valence-electron chi connectivity index (χ3n) is 4.74. The Hall–Kier alpha value is -2.27. The van der Waals surface area contributed by atoms with Crippen molar-refractivity contribution in [2.75, 3.05) is 18.6 Å². The second-order valence-electron chi connectivity index (χ2n) is 6.12. The van der Waals surface area contributed by atoms with E-state index in [-0.39, 0.29) is 18.1 Å². The number of nitrogens with zero attached hydrogens (tertiary/aromatic N) is 2. The summed E-state index contributed by atoms with van der Waals surface area (Å²) in [6, 6.07) is 11.5. The summed E-state index contributed by atoms with van der Waals surface area (Å²) >= 11 is 0. The monoisotopic (exact) mass is 312 g/mol. The van der Waals surface area contributed by atoms with Gasteiger partial charge < -0.3 is 9.15 Å². The van der Waals surface area contributed by atoms with Gasteiger partial charge in [-0.3, -0.25) is 14.6 Å². The first-order valence-corrected chi connectivity index (χ1v) is 7.98. The molecule has 0 unspecified atom stereocenters. The van der Waals surface area contributed by atoms with E-state index in [1.54, 1.807) is 7.11 Å². The molecule has 2 aromatic rings. The molecule has 2 fully saturated rings. The normalized spacial score (nSPS) is 24.3. The summed E-state index contributed by atoms with van der Waals surface area (Å²) in [6.07, 6.45) is 1.82. The molecule has 2 aliphatic rings. The fourth-order valence-electron chi connectivity index (χ4n) is 3.67. The number of fused-ring (bicyclic) bond motifs is 1. The van der Waals surface area contributed by atoms with Crippen molar-refractivity contribution < 1.29 is 13.9 Å². The highest BCUT2D eigenvalue weighted by atomic mass is 16.5. The molecule has 5 heteroatoms. The van der Waals surface area contributed by atoms with Crippen LogP contribution in [0.15, 0.2) is 40.8 Å². The Morgan fingerprint density at radius 3 is 2.61 bits per heavy atom. The lowest BCUT2D eigenvalue weighted by Crippen LogP contribution is -2.32. The number of aryl methyl sites for hydroxylation is 1. The number of furan rings is 1. The fraction of sp³-hybridized carbons (Fsp3) is 0.389. The molecule has 0 bridgehead atoms. The Balaban J connectivity index is 1.76. The molecule has 1 amide bonds. The predicted octanol–water partition coefficient (Wildman–Crippen LogP) is 3.11. The van der Waals surface area contributed by atoms with E-state index in [9.17, 15) is 4.79 Å². The van der Waals surface area contributed by atoms with Crippen molar-refractivity contribution in [3.05, 3.63) is 47.9 Å². The molecule has 2 aliphatic heterocycles. The molecule has 0 aliphatic carbocycles. The number of carbonyl (C=O) groups is 1. The maximum atomic E-state index is 12.9. The average molecular weight is 312 g/mol. The summed E-state index contributed by atoms with van der Waals surface area (Å²) in [4.78, 5) is 17.1. The van der Waals surface area contributed by atoms with Crippen molar-refractivity contribution >= 4 is 11.6 Å². The number of ether oxygens (including phenoxy) is 1.